The minimum Gasteiger partial charge on any atom is -0.497 e. The molecule has 6 heteroatoms. The number of carbonyl (C=O) groups excluding carboxylic acids is 2. The van der Waals surface area contributed by atoms with Gasteiger partial charge in [-0.1, -0.05) is 30.3 Å². The number of rotatable bonds is 7. The van der Waals surface area contributed by atoms with Gasteiger partial charge >= 0.3 is 0 Å². The maximum absolute atomic E-state index is 12.6. The van der Waals surface area contributed by atoms with Gasteiger partial charge in [-0.05, 0) is 42.0 Å². The molecule has 2 N–H and O–H groups in total. The summed E-state index contributed by atoms with van der Waals surface area (Å²) < 4.78 is 10.5. The number of methoxy groups -OCH3 is 2. The van der Waals surface area contributed by atoms with E-state index in [9.17, 15) is 9.59 Å². The highest BCUT2D eigenvalue weighted by Crippen LogP contribution is 2.29. The van der Waals surface area contributed by atoms with Crippen LogP contribution in [0.5, 0.6) is 11.5 Å². The highest BCUT2D eigenvalue weighted by Gasteiger charge is 2.11. The van der Waals surface area contributed by atoms with Crippen molar-refractivity contribution in [3.8, 4) is 11.5 Å². The SMILES string of the molecule is COc1ccc(OC)c(NC(=O)c2ccc(CNC(=O)c3ccccc3)cc2)c1. The predicted octanol–water partition coefficient (Wildman–Crippen LogP) is 3.89. The van der Waals surface area contributed by atoms with Gasteiger partial charge in [0.05, 0.1) is 19.9 Å². The summed E-state index contributed by atoms with van der Waals surface area (Å²) in [4.78, 5) is 24.7. The summed E-state index contributed by atoms with van der Waals surface area (Å²) in [6, 6.07) is 21.3. The number of hydrogen-bond acceptors (Lipinski definition) is 4. The molecular weight excluding hydrogens is 368 g/mol. The Kier molecular flexibility index (Phi) is 6.47. The first kappa shape index (κ1) is 19.9. The largest absolute Gasteiger partial charge is 0.497 e. The molecule has 0 spiro atoms. The molecule has 0 atom stereocenters. The van der Waals surface area contributed by atoms with E-state index in [0.717, 1.165) is 5.56 Å². The third kappa shape index (κ3) is 5.13. The van der Waals surface area contributed by atoms with Crippen LogP contribution in [0.3, 0.4) is 0 Å². The van der Waals surface area contributed by atoms with Crippen molar-refractivity contribution in [1.82, 2.24) is 5.32 Å². The summed E-state index contributed by atoms with van der Waals surface area (Å²) in [5.74, 6) is 0.749. The molecule has 3 aromatic rings. The van der Waals surface area contributed by atoms with Crippen LogP contribution < -0.4 is 20.1 Å². The number of anilines is 1. The average molecular weight is 390 g/mol. The van der Waals surface area contributed by atoms with Crippen molar-refractivity contribution in [2.45, 2.75) is 6.54 Å². The number of benzene rings is 3. The Balaban J connectivity index is 1.62. The fraction of sp³-hybridized carbons (Fsp3) is 0.130. The standard InChI is InChI=1S/C23H22N2O4/c1-28-19-12-13-21(29-2)20(14-19)25-23(27)18-10-8-16(9-11-18)15-24-22(26)17-6-4-3-5-7-17/h3-14H,15H2,1-2H3,(H,24,26)(H,25,27). The first-order chi connectivity index (χ1) is 14.1. The Morgan fingerprint density at radius 2 is 1.48 bits per heavy atom. The fourth-order valence-electron chi connectivity index (χ4n) is 2.75. The lowest BCUT2D eigenvalue weighted by Gasteiger charge is -2.12. The van der Waals surface area contributed by atoms with Gasteiger partial charge in [0, 0.05) is 23.7 Å². The predicted molar refractivity (Wildman–Crippen MR) is 112 cm³/mol. The highest BCUT2D eigenvalue weighted by atomic mass is 16.5. The molecule has 29 heavy (non-hydrogen) atoms. The van der Waals surface area contributed by atoms with E-state index in [0.29, 0.717) is 34.9 Å². The van der Waals surface area contributed by atoms with Crippen molar-refractivity contribution in [1.29, 1.82) is 0 Å². The fourth-order valence-corrected chi connectivity index (χ4v) is 2.75. The maximum atomic E-state index is 12.6. The summed E-state index contributed by atoms with van der Waals surface area (Å²) >= 11 is 0. The van der Waals surface area contributed by atoms with Crippen molar-refractivity contribution >= 4 is 17.5 Å². The molecule has 3 rings (SSSR count). The number of amides is 2. The number of ether oxygens (including phenoxy) is 2. The van der Waals surface area contributed by atoms with Crippen LogP contribution in [0.4, 0.5) is 5.69 Å². The Bertz CT molecular complexity index is 986. The van der Waals surface area contributed by atoms with Gasteiger partial charge in [0.1, 0.15) is 11.5 Å². The molecule has 0 fully saturated rings. The van der Waals surface area contributed by atoms with Gasteiger partial charge in [0.2, 0.25) is 0 Å². The zero-order chi connectivity index (χ0) is 20.6. The van der Waals surface area contributed by atoms with E-state index in [1.165, 1.54) is 7.11 Å². The molecule has 0 aliphatic rings. The van der Waals surface area contributed by atoms with Crippen LogP contribution in [0, 0.1) is 0 Å². The molecule has 0 heterocycles. The first-order valence-electron chi connectivity index (χ1n) is 9.06. The van der Waals surface area contributed by atoms with Crippen molar-refractivity contribution in [3.05, 3.63) is 89.5 Å². The molecule has 0 unspecified atom stereocenters. The van der Waals surface area contributed by atoms with E-state index in [2.05, 4.69) is 10.6 Å². The van der Waals surface area contributed by atoms with Gasteiger partial charge in [-0.3, -0.25) is 9.59 Å². The van der Waals surface area contributed by atoms with Gasteiger partial charge in [0.15, 0.2) is 0 Å². The van der Waals surface area contributed by atoms with Crippen molar-refractivity contribution in [3.63, 3.8) is 0 Å². The molecule has 6 nitrogen and oxygen atoms in total. The molecule has 0 radical (unpaired) electrons. The monoisotopic (exact) mass is 390 g/mol. The normalized spacial score (nSPS) is 10.1. The zero-order valence-corrected chi connectivity index (χ0v) is 16.3. The summed E-state index contributed by atoms with van der Waals surface area (Å²) in [5, 5.41) is 5.69. The second kappa shape index (κ2) is 9.41. The quantitative estimate of drug-likeness (QED) is 0.642. The van der Waals surface area contributed by atoms with Gasteiger partial charge < -0.3 is 20.1 Å². The van der Waals surface area contributed by atoms with Crippen molar-refractivity contribution < 1.29 is 19.1 Å². The van der Waals surface area contributed by atoms with Crippen molar-refractivity contribution in [2.24, 2.45) is 0 Å². The molecular formula is C23H22N2O4. The third-order valence-corrected chi connectivity index (χ3v) is 4.36. The number of hydrogen-bond donors (Lipinski definition) is 2. The second-order valence-electron chi connectivity index (χ2n) is 6.27. The van der Waals surface area contributed by atoms with Crippen LogP contribution in [-0.4, -0.2) is 26.0 Å². The lowest BCUT2D eigenvalue weighted by atomic mass is 10.1. The maximum Gasteiger partial charge on any atom is 0.255 e. The van der Waals surface area contributed by atoms with Gasteiger partial charge in [0.25, 0.3) is 11.8 Å². The lowest BCUT2D eigenvalue weighted by molar-refractivity contribution is 0.0949. The van der Waals surface area contributed by atoms with E-state index in [1.807, 2.05) is 30.3 Å². The van der Waals surface area contributed by atoms with E-state index < -0.39 is 0 Å². The molecule has 2 amide bonds. The Morgan fingerprint density at radius 1 is 0.793 bits per heavy atom. The summed E-state index contributed by atoms with van der Waals surface area (Å²) in [7, 11) is 3.10. The minimum atomic E-state index is -0.267. The van der Waals surface area contributed by atoms with Crippen LogP contribution in [0.15, 0.2) is 72.8 Å². The van der Waals surface area contributed by atoms with E-state index >= 15 is 0 Å². The van der Waals surface area contributed by atoms with Crippen LogP contribution >= 0.6 is 0 Å². The van der Waals surface area contributed by atoms with E-state index in [1.54, 1.807) is 49.6 Å². The highest BCUT2D eigenvalue weighted by molar-refractivity contribution is 6.05. The van der Waals surface area contributed by atoms with E-state index in [-0.39, 0.29) is 11.8 Å². The molecule has 3 aromatic carbocycles. The molecule has 0 saturated heterocycles. The third-order valence-electron chi connectivity index (χ3n) is 4.36. The van der Waals surface area contributed by atoms with Crippen LogP contribution in [-0.2, 0) is 6.54 Å². The first-order valence-corrected chi connectivity index (χ1v) is 9.06. The average Bonchev–Trinajstić information content (AvgIpc) is 2.78. The van der Waals surface area contributed by atoms with Gasteiger partial charge in [-0.15, -0.1) is 0 Å². The molecule has 0 saturated carbocycles. The molecule has 148 valence electrons. The van der Waals surface area contributed by atoms with Crippen molar-refractivity contribution in [2.75, 3.05) is 19.5 Å². The Labute approximate surface area is 169 Å². The second-order valence-corrected chi connectivity index (χ2v) is 6.27. The van der Waals surface area contributed by atoms with Gasteiger partial charge in [-0.25, -0.2) is 0 Å². The topological polar surface area (TPSA) is 76.7 Å². The molecule has 0 aliphatic carbocycles. The Hall–Kier alpha value is -3.80. The summed E-state index contributed by atoms with van der Waals surface area (Å²) in [6.07, 6.45) is 0. The van der Waals surface area contributed by atoms with Crippen LogP contribution in [0.25, 0.3) is 0 Å². The molecule has 0 aliphatic heterocycles. The smallest absolute Gasteiger partial charge is 0.255 e. The zero-order valence-electron chi connectivity index (χ0n) is 16.3. The van der Waals surface area contributed by atoms with Gasteiger partial charge in [-0.2, -0.15) is 0 Å². The van der Waals surface area contributed by atoms with Crippen LogP contribution in [0.2, 0.25) is 0 Å². The molecule has 0 bridgehead atoms. The minimum absolute atomic E-state index is 0.141. The Morgan fingerprint density at radius 3 is 2.14 bits per heavy atom. The number of carbonyl (C=O) groups is 2. The molecule has 0 aromatic heterocycles. The van der Waals surface area contributed by atoms with Crippen LogP contribution in [0.1, 0.15) is 26.3 Å². The summed E-state index contributed by atoms with van der Waals surface area (Å²) in [6.45, 7) is 0.374. The lowest BCUT2D eigenvalue weighted by Crippen LogP contribution is -2.22. The number of nitrogens with one attached hydrogen (secondary N) is 2. The van der Waals surface area contributed by atoms with E-state index in [4.69, 9.17) is 9.47 Å². The summed E-state index contributed by atoms with van der Waals surface area (Å²) in [5.41, 5.74) is 2.52.